The zero-order valence-electron chi connectivity index (χ0n) is 13.4. The van der Waals surface area contributed by atoms with Gasteiger partial charge in [-0.3, -0.25) is 0 Å². The lowest BCUT2D eigenvalue weighted by Crippen LogP contribution is -2.08. The van der Waals surface area contributed by atoms with Gasteiger partial charge in [0, 0.05) is 5.56 Å². The summed E-state index contributed by atoms with van der Waals surface area (Å²) in [5.74, 6) is -0.458. The summed E-state index contributed by atoms with van der Waals surface area (Å²) in [6, 6.07) is 9.15. The highest BCUT2D eigenvalue weighted by atomic mass is 32.1. The van der Waals surface area contributed by atoms with Crippen LogP contribution in [0, 0.1) is 11.3 Å². The van der Waals surface area contributed by atoms with Crippen LogP contribution in [0.2, 0.25) is 0 Å². The first-order valence-corrected chi connectivity index (χ1v) is 8.15. The minimum Gasteiger partial charge on any atom is -0.504 e. The molecule has 0 fully saturated rings. The van der Waals surface area contributed by atoms with Crippen LogP contribution in [-0.4, -0.2) is 34.8 Å². The number of hydrogen-bond donors (Lipinski definition) is 1. The van der Waals surface area contributed by atoms with E-state index in [2.05, 4.69) is 9.97 Å². The molecular formula is C17H13N3O4S. The number of nitriles is 1. The van der Waals surface area contributed by atoms with Crippen LogP contribution >= 0.6 is 11.3 Å². The lowest BCUT2D eigenvalue weighted by atomic mass is 10.2. The normalized spacial score (nSPS) is 10.4. The summed E-state index contributed by atoms with van der Waals surface area (Å²) in [5, 5.41) is 20.3. The first kappa shape index (κ1) is 16.7. The maximum atomic E-state index is 12.0. The Morgan fingerprint density at radius 3 is 2.88 bits per heavy atom. The van der Waals surface area contributed by atoms with Crippen molar-refractivity contribution in [3.05, 3.63) is 35.7 Å². The standard InChI is InChI=1S/C17H13N3O4S/c1-3-24-17(22)13-14(21)15-12(11(8-18)19-13)20-16(25-15)9-5-4-6-10(7-9)23-2/h4-7,21H,3H2,1-2H3. The Labute approximate surface area is 147 Å². The number of hydrogen-bond acceptors (Lipinski definition) is 8. The molecule has 0 aliphatic rings. The third-order valence-corrected chi connectivity index (χ3v) is 4.52. The van der Waals surface area contributed by atoms with Crippen LogP contribution in [-0.2, 0) is 4.74 Å². The third kappa shape index (κ3) is 2.97. The smallest absolute Gasteiger partial charge is 0.360 e. The molecular weight excluding hydrogens is 342 g/mol. The van der Waals surface area contributed by atoms with Gasteiger partial charge in [-0.25, -0.2) is 14.8 Å². The molecule has 0 saturated carbocycles. The van der Waals surface area contributed by atoms with E-state index in [1.807, 2.05) is 18.2 Å². The van der Waals surface area contributed by atoms with Gasteiger partial charge in [0.1, 0.15) is 27.0 Å². The molecule has 0 bridgehead atoms. The molecule has 7 nitrogen and oxygen atoms in total. The Balaban J connectivity index is 2.21. The molecule has 0 radical (unpaired) electrons. The summed E-state index contributed by atoms with van der Waals surface area (Å²) in [4.78, 5) is 20.3. The number of nitrogens with zero attached hydrogens (tertiary/aromatic N) is 3. The van der Waals surface area contributed by atoms with Crippen LogP contribution in [0.5, 0.6) is 11.5 Å². The number of methoxy groups -OCH3 is 1. The predicted molar refractivity (Wildman–Crippen MR) is 91.7 cm³/mol. The number of carbonyl (C=O) groups excluding carboxylic acids is 1. The monoisotopic (exact) mass is 355 g/mol. The summed E-state index contributed by atoms with van der Waals surface area (Å²) < 4.78 is 10.4. The van der Waals surface area contributed by atoms with Gasteiger partial charge in [-0.15, -0.1) is 11.3 Å². The van der Waals surface area contributed by atoms with Crippen molar-refractivity contribution in [2.75, 3.05) is 13.7 Å². The molecule has 0 unspecified atom stereocenters. The summed E-state index contributed by atoms with van der Waals surface area (Å²) in [7, 11) is 1.56. The predicted octanol–water partition coefficient (Wildman–Crippen LogP) is 3.12. The lowest BCUT2D eigenvalue weighted by molar-refractivity contribution is 0.0516. The number of esters is 1. The molecule has 1 N–H and O–H groups in total. The highest BCUT2D eigenvalue weighted by Crippen LogP contribution is 2.38. The quantitative estimate of drug-likeness (QED) is 0.717. The van der Waals surface area contributed by atoms with E-state index in [-0.39, 0.29) is 29.3 Å². The minimum absolute atomic E-state index is 0.0405. The van der Waals surface area contributed by atoms with Crippen molar-refractivity contribution in [2.45, 2.75) is 6.92 Å². The van der Waals surface area contributed by atoms with Gasteiger partial charge in [0.05, 0.1) is 13.7 Å². The van der Waals surface area contributed by atoms with Gasteiger partial charge in [0.25, 0.3) is 0 Å². The van der Waals surface area contributed by atoms with Crippen molar-refractivity contribution >= 4 is 27.5 Å². The van der Waals surface area contributed by atoms with Crippen molar-refractivity contribution in [2.24, 2.45) is 0 Å². The summed E-state index contributed by atoms with van der Waals surface area (Å²) in [6.07, 6.45) is 0. The van der Waals surface area contributed by atoms with Crippen molar-refractivity contribution in [1.82, 2.24) is 9.97 Å². The summed E-state index contributed by atoms with van der Waals surface area (Å²) in [6.45, 7) is 1.78. The van der Waals surface area contributed by atoms with Gasteiger partial charge in [-0.2, -0.15) is 5.26 Å². The maximum Gasteiger partial charge on any atom is 0.360 e. The van der Waals surface area contributed by atoms with Crippen molar-refractivity contribution in [1.29, 1.82) is 5.26 Å². The fourth-order valence-corrected chi connectivity index (χ4v) is 3.27. The Hall–Kier alpha value is -3.18. The van der Waals surface area contributed by atoms with Gasteiger partial charge in [-0.1, -0.05) is 12.1 Å². The average molecular weight is 355 g/mol. The number of benzene rings is 1. The SMILES string of the molecule is CCOC(=O)c1nc(C#N)c2nc(-c3cccc(OC)c3)sc2c1O. The fourth-order valence-electron chi connectivity index (χ4n) is 2.27. The van der Waals surface area contributed by atoms with E-state index in [1.54, 1.807) is 26.2 Å². The van der Waals surface area contributed by atoms with E-state index in [9.17, 15) is 15.2 Å². The third-order valence-electron chi connectivity index (χ3n) is 3.41. The average Bonchev–Trinajstić information content (AvgIpc) is 3.08. The Bertz CT molecular complexity index is 1010. The number of rotatable bonds is 4. The topological polar surface area (TPSA) is 105 Å². The van der Waals surface area contributed by atoms with Crippen LogP contribution < -0.4 is 4.74 Å². The summed E-state index contributed by atoms with van der Waals surface area (Å²) in [5.41, 5.74) is 0.686. The molecule has 0 saturated heterocycles. The molecule has 3 aromatic rings. The highest BCUT2D eigenvalue weighted by Gasteiger charge is 2.23. The van der Waals surface area contributed by atoms with Gasteiger partial charge < -0.3 is 14.6 Å². The lowest BCUT2D eigenvalue weighted by Gasteiger charge is -2.04. The van der Waals surface area contributed by atoms with Gasteiger partial charge in [-0.05, 0) is 19.1 Å². The first-order chi connectivity index (χ1) is 12.1. The molecule has 1 aromatic carbocycles. The zero-order chi connectivity index (χ0) is 18.0. The number of thiazole rings is 1. The second kappa shape index (κ2) is 6.75. The van der Waals surface area contributed by atoms with E-state index in [0.29, 0.717) is 15.5 Å². The van der Waals surface area contributed by atoms with Crippen LogP contribution in [0.4, 0.5) is 0 Å². The second-order valence-corrected chi connectivity index (χ2v) is 5.92. The highest BCUT2D eigenvalue weighted by molar-refractivity contribution is 7.22. The van der Waals surface area contributed by atoms with Gasteiger partial charge >= 0.3 is 5.97 Å². The van der Waals surface area contributed by atoms with Crippen molar-refractivity contribution in [3.8, 4) is 28.1 Å². The number of ether oxygens (including phenoxy) is 2. The molecule has 0 spiro atoms. The van der Waals surface area contributed by atoms with E-state index in [4.69, 9.17) is 9.47 Å². The van der Waals surface area contributed by atoms with Gasteiger partial charge in [0.15, 0.2) is 17.1 Å². The molecule has 0 atom stereocenters. The van der Waals surface area contributed by atoms with E-state index in [1.165, 1.54) is 0 Å². The fraction of sp³-hybridized carbons (Fsp3) is 0.176. The van der Waals surface area contributed by atoms with Crippen LogP contribution in [0.25, 0.3) is 20.8 Å². The minimum atomic E-state index is -0.783. The van der Waals surface area contributed by atoms with E-state index >= 15 is 0 Å². The van der Waals surface area contributed by atoms with E-state index in [0.717, 1.165) is 16.9 Å². The van der Waals surface area contributed by atoms with Gasteiger partial charge in [0.2, 0.25) is 0 Å². The molecule has 0 aliphatic heterocycles. The van der Waals surface area contributed by atoms with Crippen LogP contribution in [0.15, 0.2) is 24.3 Å². The van der Waals surface area contributed by atoms with Crippen LogP contribution in [0.1, 0.15) is 23.1 Å². The van der Waals surface area contributed by atoms with E-state index < -0.39 is 5.97 Å². The molecule has 0 amide bonds. The van der Waals surface area contributed by atoms with Crippen LogP contribution in [0.3, 0.4) is 0 Å². The molecule has 25 heavy (non-hydrogen) atoms. The molecule has 2 aromatic heterocycles. The first-order valence-electron chi connectivity index (χ1n) is 7.34. The Morgan fingerprint density at radius 2 is 2.20 bits per heavy atom. The van der Waals surface area contributed by atoms with Crippen molar-refractivity contribution in [3.63, 3.8) is 0 Å². The second-order valence-electron chi connectivity index (χ2n) is 4.92. The Kier molecular flexibility index (Phi) is 4.50. The zero-order valence-corrected chi connectivity index (χ0v) is 14.3. The number of aromatic hydroxyl groups is 1. The number of aromatic nitrogens is 2. The number of fused-ring (bicyclic) bond motifs is 1. The molecule has 3 rings (SSSR count). The largest absolute Gasteiger partial charge is 0.504 e. The molecule has 2 heterocycles. The maximum absolute atomic E-state index is 12.0. The number of carbonyl (C=O) groups is 1. The Morgan fingerprint density at radius 1 is 1.40 bits per heavy atom. The molecule has 8 heteroatoms. The summed E-state index contributed by atoms with van der Waals surface area (Å²) >= 11 is 1.16. The number of pyridine rings is 1. The molecule has 126 valence electrons. The van der Waals surface area contributed by atoms with Crippen molar-refractivity contribution < 1.29 is 19.4 Å². The molecule has 0 aliphatic carbocycles.